The van der Waals surface area contributed by atoms with Crippen molar-refractivity contribution in [2.45, 2.75) is 32.3 Å². The quantitative estimate of drug-likeness (QED) is 0.310. The molecule has 0 aromatic carbocycles. The topological polar surface area (TPSA) is 61.8 Å². The molecule has 0 spiro atoms. The number of hydrogen-bond donors (Lipinski definition) is 0. The summed E-state index contributed by atoms with van der Waals surface area (Å²) in [4.78, 5) is 22.3. The molecule has 18 heavy (non-hydrogen) atoms. The van der Waals surface area contributed by atoms with Crippen molar-refractivity contribution < 1.29 is 51.3 Å². The van der Waals surface area contributed by atoms with Crippen LogP contribution in [-0.2, 0) is 20.5 Å². The molecule has 106 valence electrons. The van der Waals surface area contributed by atoms with E-state index in [4.69, 9.17) is 0 Å². The van der Waals surface area contributed by atoms with Gasteiger partial charge in [0.1, 0.15) is 0 Å². The fourth-order valence-corrected chi connectivity index (χ4v) is 1.52. The van der Waals surface area contributed by atoms with Crippen LogP contribution >= 0.6 is 0 Å². The second-order valence-corrected chi connectivity index (χ2v) is 4.97. The minimum absolute atomic E-state index is 0.0260. The van der Waals surface area contributed by atoms with Gasteiger partial charge in [-0.15, -0.1) is 0 Å². The van der Waals surface area contributed by atoms with Crippen molar-refractivity contribution >= 4 is 11.9 Å². The molecule has 0 amide bonds. The zero-order chi connectivity index (χ0) is 14.3. The Morgan fingerprint density at radius 3 is 2.39 bits per heavy atom. The number of alkyl halides is 2. The first-order chi connectivity index (χ1) is 8.27. The summed E-state index contributed by atoms with van der Waals surface area (Å²) in [5, 5.41) is 0. The van der Waals surface area contributed by atoms with Gasteiger partial charge in [0.05, 0.1) is 0 Å². The predicted molar refractivity (Wildman–Crippen MR) is 53.0 cm³/mol. The molecule has 0 radical (unpaired) electrons. The van der Waals surface area contributed by atoms with Crippen molar-refractivity contribution in [3.63, 3.8) is 0 Å². The molecule has 0 aromatic heterocycles. The van der Waals surface area contributed by atoms with Crippen molar-refractivity contribution in [3.05, 3.63) is 12.2 Å². The van der Waals surface area contributed by atoms with Gasteiger partial charge in [0.2, 0.25) is 0 Å². The third-order valence-electron chi connectivity index (χ3n) is 1.81. The molecule has 1 atom stereocenters. The maximum absolute atomic E-state index is 13.6. The average molecular weight is 379 g/mol. The third-order valence-corrected chi connectivity index (χ3v) is 2.75. The fourth-order valence-electron chi connectivity index (χ4n) is 0.886. The van der Waals surface area contributed by atoms with E-state index in [2.05, 4.69) is 17.4 Å². The first kappa shape index (κ1) is 17.2. The number of rotatable bonds is 7. The molecule has 0 fully saturated rings. The summed E-state index contributed by atoms with van der Waals surface area (Å²) in [6.45, 7) is 5.95. The van der Waals surface area contributed by atoms with Gasteiger partial charge in [0, 0.05) is 0 Å². The summed E-state index contributed by atoms with van der Waals surface area (Å²) in [6.07, 6.45) is -2.11. The summed E-state index contributed by atoms with van der Waals surface area (Å²) in [5.74, 6) is -6.63. The van der Waals surface area contributed by atoms with Crippen LogP contribution in [0.2, 0.25) is 0 Å². The molecule has 0 saturated carbocycles. The minimum atomic E-state index is -3.90. The van der Waals surface area contributed by atoms with Crippen LogP contribution in [0.25, 0.3) is 0 Å². The average Bonchev–Trinajstić information content (AvgIpc) is 2.31. The molecule has 8 heteroatoms. The van der Waals surface area contributed by atoms with E-state index in [1.165, 1.54) is 21.0 Å². The van der Waals surface area contributed by atoms with E-state index in [1.807, 2.05) is 0 Å². The van der Waals surface area contributed by atoms with E-state index in [0.717, 1.165) is 0 Å². The Kier molecular flexibility index (Phi) is 7.29. The van der Waals surface area contributed by atoms with Gasteiger partial charge in [-0.3, -0.25) is 0 Å². The summed E-state index contributed by atoms with van der Waals surface area (Å²) in [6, 6.07) is 0. The van der Waals surface area contributed by atoms with Crippen molar-refractivity contribution in [2.75, 3.05) is 7.11 Å². The Morgan fingerprint density at radius 1 is 1.44 bits per heavy atom. The van der Waals surface area contributed by atoms with E-state index in [-0.39, 0.29) is 12.0 Å². The molecule has 0 rings (SSSR count). The normalized spacial score (nSPS) is 12.9. The van der Waals surface area contributed by atoms with Crippen LogP contribution in [0.15, 0.2) is 12.2 Å². The van der Waals surface area contributed by atoms with Crippen LogP contribution in [-0.4, -0.2) is 31.1 Å². The molecule has 0 aliphatic rings. The first-order valence-corrected chi connectivity index (χ1v) is 6.67. The van der Waals surface area contributed by atoms with Crippen LogP contribution in [0.3, 0.4) is 0 Å². The number of hydrogen-bond acceptors (Lipinski definition) is 5. The van der Waals surface area contributed by atoms with Gasteiger partial charge in [-0.05, 0) is 0 Å². The molecule has 5 nitrogen and oxygen atoms in total. The van der Waals surface area contributed by atoms with Gasteiger partial charge < -0.3 is 0 Å². The van der Waals surface area contributed by atoms with E-state index in [0.29, 0.717) is 0 Å². The molecule has 0 aliphatic heterocycles. The summed E-state index contributed by atoms with van der Waals surface area (Å²) < 4.78 is 40.4. The van der Waals surface area contributed by atoms with Gasteiger partial charge in [-0.2, -0.15) is 0 Å². The zero-order valence-electron chi connectivity index (χ0n) is 10.2. The molecule has 0 bridgehead atoms. The Morgan fingerprint density at radius 2 is 2.00 bits per heavy atom. The van der Waals surface area contributed by atoms with Crippen molar-refractivity contribution in [1.82, 2.24) is 0 Å². The molecule has 0 aliphatic carbocycles. The van der Waals surface area contributed by atoms with Crippen LogP contribution < -0.4 is 22.0 Å². The van der Waals surface area contributed by atoms with E-state index in [1.54, 1.807) is 0 Å². The van der Waals surface area contributed by atoms with Crippen molar-refractivity contribution in [2.24, 2.45) is 0 Å². The summed E-state index contributed by atoms with van der Waals surface area (Å²) in [7, 11) is 1.23. The second kappa shape index (κ2) is 7.62. The van der Waals surface area contributed by atoms with Gasteiger partial charge >= 0.3 is 115 Å². The zero-order valence-corrected chi connectivity index (χ0v) is 12.3. The molecular weight excluding hydrogens is 365 g/mol. The molecule has 0 N–H and O–H groups in total. The number of carbonyl (C=O) groups excluding carboxylic acids is 2. The van der Waals surface area contributed by atoms with Gasteiger partial charge in [0.15, 0.2) is 0 Å². The van der Waals surface area contributed by atoms with Gasteiger partial charge in [-0.25, -0.2) is 0 Å². The third kappa shape index (κ3) is 4.84. The predicted octanol–water partition coefficient (Wildman–Crippen LogP) is -1.37. The molecule has 0 aromatic rings. The molecular formula is C10H14F2IO5-. The van der Waals surface area contributed by atoms with Crippen LogP contribution in [0.4, 0.5) is 8.78 Å². The fraction of sp³-hybridized carbons (Fsp3) is 0.600. The molecule has 0 heterocycles. The Hall–Kier alpha value is -0.770. The SMILES string of the molecule is C=C(C)C(=O)OC(CC)C(F)(F)C(=O)O[I-]OC. The molecule has 0 saturated heterocycles. The Bertz CT molecular complexity index is 332. The van der Waals surface area contributed by atoms with Crippen molar-refractivity contribution in [1.29, 1.82) is 0 Å². The van der Waals surface area contributed by atoms with E-state index >= 15 is 0 Å². The Balaban J connectivity index is 4.75. The first-order valence-electron chi connectivity index (χ1n) is 4.90. The maximum atomic E-state index is 13.6. The van der Waals surface area contributed by atoms with Crippen molar-refractivity contribution in [3.8, 4) is 0 Å². The van der Waals surface area contributed by atoms with E-state index < -0.39 is 46.0 Å². The number of ether oxygens (including phenoxy) is 1. The number of halogens is 3. The summed E-state index contributed by atoms with van der Waals surface area (Å²) in [5.41, 5.74) is -0.0260. The van der Waals surface area contributed by atoms with Gasteiger partial charge in [0.25, 0.3) is 0 Å². The number of carbonyl (C=O) groups is 2. The standard InChI is InChI=1S/C10H14F2IO5/c1-5-7(17-8(14)6(2)3)10(11,12)9(15)18-13-16-4/h7H,2,5H2,1,3-4H3/q-1. The monoisotopic (exact) mass is 379 g/mol. The van der Waals surface area contributed by atoms with Crippen LogP contribution in [0.5, 0.6) is 0 Å². The summed E-state index contributed by atoms with van der Waals surface area (Å²) >= 11 is -1.53. The molecule has 1 unspecified atom stereocenters. The van der Waals surface area contributed by atoms with Crippen LogP contribution in [0, 0.1) is 0 Å². The van der Waals surface area contributed by atoms with Crippen LogP contribution in [0.1, 0.15) is 20.3 Å². The second-order valence-electron chi connectivity index (χ2n) is 3.29. The number of esters is 1. The van der Waals surface area contributed by atoms with E-state index in [9.17, 15) is 18.4 Å². The Labute approximate surface area is 115 Å². The van der Waals surface area contributed by atoms with Gasteiger partial charge in [-0.1, -0.05) is 0 Å².